The van der Waals surface area contributed by atoms with Crippen molar-refractivity contribution < 1.29 is 9.53 Å². The van der Waals surface area contributed by atoms with Gasteiger partial charge in [-0.25, -0.2) is 9.97 Å². The van der Waals surface area contributed by atoms with Gasteiger partial charge in [0.2, 0.25) is 0 Å². The van der Waals surface area contributed by atoms with Gasteiger partial charge in [0, 0.05) is 12.1 Å². The van der Waals surface area contributed by atoms with E-state index in [1.54, 1.807) is 6.07 Å². The predicted molar refractivity (Wildman–Crippen MR) is 102 cm³/mol. The summed E-state index contributed by atoms with van der Waals surface area (Å²) in [6, 6.07) is 9.59. The molecule has 6 heteroatoms. The van der Waals surface area contributed by atoms with Crippen LogP contribution in [0.5, 0.6) is 5.75 Å². The summed E-state index contributed by atoms with van der Waals surface area (Å²) in [6.45, 7) is 3.96. The van der Waals surface area contributed by atoms with E-state index in [-0.39, 0.29) is 18.1 Å². The van der Waals surface area contributed by atoms with E-state index in [1.165, 1.54) is 25.6 Å². The van der Waals surface area contributed by atoms with Gasteiger partial charge >= 0.3 is 0 Å². The highest BCUT2D eigenvalue weighted by Crippen LogP contribution is 2.27. The van der Waals surface area contributed by atoms with Gasteiger partial charge in [-0.3, -0.25) is 4.79 Å². The van der Waals surface area contributed by atoms with Crippen LogP contribution in [0.3, 0.4) is 0 Å². The monoisotopic (exact) mass is 354 g/mol. The summed E-state index contributed by atoms with van der Waals surface area (Å²) in [7, 11) is 0. The van der Waals surface area contributed by atoms with E-state index in [4.69, 9.17) is 4.74 Å². The molecule has 1 heterocycles. The molecule has 1 aromatic heterocycles. The number of hydrogen-bond acceptors (Lipinski definition) is 5. The number of carbonyl (C=O) groups is 1. The molecule has 0 bridgehead atoms. The first kappa shape index (κ1) is 18.2. The molecular weight excluding hydrogens is 328 g/mol. The number of nitrogens with zero attached hydrogens (tertiary/aromatic N) is 2. The van der Waals surface area contributed by atoms with Crippen LogP contribution in [0, 0.1) is 0 Å². The van der Waals surface area contributed by atoms with Gasteiger partial charge in [0.15, 0.2) is 0 Å². The molecule has 138 valence electrons. The van der Waals surface area contributed by atoms with E-state index in [2.05, 4.69) is 20.6 Å². The van der Waals surface area contributed by atoms with E-state index < -0.39 is 0 Å². The Bertz CT molecular complexity index is 742. The van der Waals surface area contributed by atoms with E-state index in [0.717, 1.165) is 24.3 Å². The van der Waals surface area contributed by atoms with Crippen LogP contribution in [0.2, 0.25) is 0 Å². The Labute approximate surface area is 154 Å². The third-order valence-corrected chi connectivity index (χ3v) is 4.35. The van der Waals surface area contributed by atoms with Crippen molar-refractivity contribution in [1.82, 2.24) is 15.3 Å². The molecule has 1 saturated carbocycles. The summed E-state index contributed by atoms with van der Waals surface area (Å²) in [5.74, 6) is 1.16. The molecule has 0 aliphatic heterocycles. The van der Waals surface area contributed by atoms with Gasteiger partial charge in [-0.2, -0.15) is 0 Å². The predicted octanol–water partition coefficient (Wildman–Crippen LogP) is 4.07. The van der Waals surface area contributed by atoms with Crippen molar-refractivity contribution in [1.29, 1.82) is 0 Å². The fourth-order valence-corrected chi connectivity index (χ4v) is 3.12. The molecule has 0 radical (unpaired) electrons. The number of anilines is 2. The molecule has 1 aliphatic carbocycles. The Balaban J connectivity index is 1.70. The fourth-order valence-electron chi connectivity index (χ4n) is 3.12. The zero-order valence-electron chi connectivity index (χ0n) is 15.4. The van der Waals surface area contributed by atoms with Gasteiger partial charge in [0.1, 0.15) is 23.6 Å². The number of benzene rings is 1. The molecule has 0 atom stereocenters. The Hall–Kier alpha value is -2.63. The summed E-state index contributed by atoms with van der Waals surface area (Å²) in [4.78, 5) is 20.8. The number of amides is 1. The maximum absolute atomic E-state index is 12.5. The average molecular weight is 354 g/mol. The molecule has 1 fully saturated rings. The minimum absolute atomic E-state index is 0.0696. The van der Waals surface area contributed by atoms with Crippen molar-refractivity contribution in [3.63, 3.8) is 0 Å². The quantitative estimate of drug-likeness (QED) is 0.818. The summed E-state index contributed by atoms with van der Waals surface area (Å²) in [5, 5.41) is 6.30. The second-order valence-electron chi connectivity index (χ2n) is 6.88. The molecule has 3 rings (SSSR count). The van der Waals surface area contributed by atoms with Crippen molar-refractivity contribution in [3.05, 3.63) is 42.4 Å². The smallest absolute Gasteiger partial charge is 0.270 e. The van der Waals surface area contributed by atoms with Gasteiger partial charge in [-0.15, -0.1) is 0 Å². The van der Waals surface area contributed by atoms with Crippen molar-refractivity contribution >= 4 is 17.4 Å². The Morgan fingerprint density at radius 2 is 1.92 bits per heavy atom. The van der Waals surface area contributed by atoms with E-state index in [9.17, 15) is 4.79 Å². The summed E-state index contributed by atoms with van der Waals surface area (Å²) < 4.78 is 5.81. The van der Waals surface area contributed by atoms with Gasteiger partial charge in [-0.05, 0) is 38.8 Å². The maximum Gasteiger partial charge on any atom is 0.270 e. The molecule has 0 unspecified atom stereocenters. The van der Waals surface area contributed by atoms with Crippen molar-refractivity contribution in [2.45, 2.75) is 58.1 Å². The van der Waals surface area contributed by atoms with Gasteiger partial charge in [0.25, 0.3) is 5.91 Å². The molecule has 2 N–H and O–H groups in total. The molecular formula is C20H26N4O2. The van der Waals surface area contributed by atoms with Crippen molar-refractivity contribution in [3.8, 4) is 5.75 Å². The van der Waals surface area contributed by atoms with Gasteiger partial charge in [-0.1, -0.05) is 31.4 Å². The third-order valence-electron chi connectivity index (χ3n) is 4.35. The summed E-state index contributed by atoms with van der Waals surface area (Å²) in [6.07, 6.45) is 7.17. The number of nitrogens with one attached hydrogen (secondary N) is 2. The van der Waals surface area contributed by atoms with Crippen LogP contribution >= 0.6 is 0 Å². The first-order valence-corrected chi connectivity index (χ1v) is 9.27. The number of para-hydroxylation sites is 2. The molecule has 2 aromatic rings. The number of hydrogen-bond donors (Lipinski definition) is 2. The Kier molecular flexibility index (Phi) is 6.04. The van der Waals surface area contributed by atoms with Crippen LogP contribution in [-0.4, -0.2) is 28.0 Å². The minimum atomic E-state index is -0.144. The van der Waals surface area contributed by atoms with Crippen LogP contribution in [0.25, 0.3) is 0 Å². The highest BCUT2D eigenvalue weighted by atomic mass is 16.5. The van der Waals surface area contributed by atoms with E-state index >= 15 is 0 Å². The maximum atomic E-state index is 12.5. The Morgan fingerprint density at radius 3 is 2.69 bits per heavy atom. The van der Waals surface area contributed by atoms with Crippen LogP contribution in [0.1, 0.15) is 56.4 Å². The lowest BCUT2D eigenvalue weighted by molar-refractivity contribution is 0.0922. The van der Waals surface area contributed by atoms with Crippen molar-refractivity contribution in [2.75, 3.05) is 5.32 Å². The van der Waals surface area contributed by atoms with E-state index in [0.29, 0.717) is 11.5 Å². The normalized spacial score (nSPS) is 14.9. The average Bonchev–Trinajstić information content (AvgIpc) is 2.64. The van der Waals surface area contributed by atoms with Crippen LogP contribution < -0.4 is 15.4 Å². The lowest BCUT2D eigenvalue weighted by Crippen LogP contribution is -2.36. The standard InChI is InChI=1S/C20H26N4O2/c1-14(2)26-18-11-7-6-10-16(18)24-19-12-17(21-13-22-19)20(25)23-15-8-4-3-5-9-15/h6-7,10-15H,3-5,8-9H2,1-2H3,(H,23,25)(H,21,22,24). The van der Waals surface area contributed by atoms with Gasteiger partial charge in [0.05, 0.1) is 11.8 Å². The molecule has 0 spiro atoms. The second kappa shape index (κ2) is 8.65. The second-order valence-corrected chi connectivity index (χ2v) is 6.88. The molecule has 0 saturated heterocycles. The first-order valence-electron chi connectivity index (χ1n) is 9.27. The number of ether oxygens (including phenoxy) is 1. The number of carbonyl (C=O) groups excluding carboxylic acids is 1. The van der Waals surface area contributed by atoms with Crippen LogP contribution in [0.15, 0.2) is 36.7 Å². The van der Waals surface area contributed by atoms with Crippen molar-refractivity contribution in [2.24, 2.45) is 0 Å². The molecule has 6 nitrogen and oxygen atoms in total. The lowest BCUT2D eigenvalue weighted by atomic mass is 9.95. The Morgan fingerprint density at radius 1 is 1.15 bits per heavy atom. The first-order chi connectivity index (χ1) is 12.6. The third kappa shape index (κ3) is 4.94. The van der Waals surface area contributed by atoms with Gasteiger partial charge < -0.3 is 15.4 Å². The van der Waals surface area contributed by atoms with Crippen LogP contribution in [-0.2, 0) is 0 Å². The highest BCUT2D eigenvalue weighted by Gasteiger charge is 2.18. The zero-order chi connectivity index (χ0) is 18.4. The molecule has 26 heavy (non-hydrogen) atoms. The molecule has 1 aliphatic rings. The topological polar surface area (TPSA) is 76.1 Å². The summed E-state index contributed by atoms with van der Waals surface area (Å²) in [5.41, 5.74) is 1.17. The zero-order valence-corrected chi connectivity index (χ0v) is 15.4. The number of aromatic nitrogens is 2. The molecule has 1 amide bonds. The SMILES string of the molecule is CC(C)Oc1ccccc1Nc1cc(C(=O)NC2CCCCC2)ncn1. The fraction of sp³-hybridized carbons (Fsp3) is 0.450. The highest BCUT2D eigenvalue weighted by molar-refractivity contribution is 5.93. The molecule has 1 aromatic carbocycles. The lowest BCUT2D eigenvalue weighted by Gasteiger charge is -2.22. The van der Waals surface area contributed by atoms with E-state index in [1.807, 2.05) is 38.1 Å². The minimum Gasteiger partial charge on any atom is -0.489 e. The van der Waals surface area contributed by atoms with Crippen LogP contribution in [0.4, 0.5) is 11.5 Å². The summed E-state index contributed by atoms with van der Waals surface area (Å²) >= 11 is 0. The largest absolute Gasteiger partial charge is 0.489 e. The number of rotatable bonds is 6.